The number of carbonyl (C=O) groups excluding carboxylic acids is 1. The van der Waals surface area contributed by atoms with Crippen LogP contribution in [0.1, 0.15) is 5.56 Å². The fourth-order valence-electron chi connectivity index (χ4n) is 2.91. The van der Waals surface area contributed by atoms with Crippen LogP contribution in [0.2, 0.25) is 0 Å². The Morgan fingerprint density at radius 3 is 1.87 bits per heavy atom. The summed E-state index contributed by atoms with van der Waals surface area (Å²) in [6.07, 6.45) is 0. The summed E-state index contributed by atoms with van der Waals surface area (Å²) in [5.74, 6) is 0.724. The van der Waals surface area contributed by atoms with E-state index in [2.05, 4.69) is 5.32 Å². The van der Waals surface area contributed by atoms with Crippen molar-refractivity contribution in [2.45, 2.75) is 11.8 Å². The first kappa shape index (κ1) is 22.2. The topological polar surface area (TPSA) is 84.9 Å². The number of nitrogens with zero attached hydrogens (tertiary/aromatic N) is 1. The van der Waals surface area contributed by atoms with E-state index in [1.54, 1.807) is 67.8 Å². The second kappa shape index (κ2) is 9.53. The minimum absolute atomic E-state index is 0.0612. The van der Waals surface area contributed by atoms with Gasteiger partial charge in [-0.3, -0.25) is 9.10 Å². The Labute approximate surface area is 182 Å². The van der Waals surface area contributed by atoms with Gasteiger partial charge in [0.25, 0.3) is 10.0 Å². The number of methoxy groups -OCH3 is 2. The third-order valence-corrected chi connectivity index (χ3v) is 6.42. The molecule has 3 aromatic rings. The molecule has 0 saturated carbocycles. The van der Waals surface area contributed by atoms with Gasteiger partial charge in [-0.25, -0.2) is 8.42 Å². The molecule has 1 N–H and O–H groups in total. The Bertz CT molecular complexity index is 1130. The fraction of sp³-hybridized carbons (Fsp3) is 0.174. The van der Waals surface area contributed by atoms with Crippen LogP contribution in [0.4, 0.5) is 11.4 Å². The molecule has 3 aromatic carbocycles. The molecule has 0 radical (unpaired) electrons. The van der Waals surface area contributed by atoms with Gasteiger partial charge in [0, 0.05) is 5.69 Å². The summed E-state index contributed by atoms with van der Waals surface area (Å²) in [6.45, 7) is 1.52. The summed E-state index contributed by atoms with van der Waals surface area (Å²) in [6, 6.07) is 19.8. The van der Waals surface area contributed by atoms with E-state index < -0.39 is 15.9 Å². The molecule has 0 bridgehead atoms. The van der Waals surface area contributed by atoms with E-state index in [-0.39, 0.29) is 11.4 Å². The predicted octanol–water partition coefficient (Wildman–Crippen LogP) is 3.85. The zero-order valence-corrected chi connectivity index (χ0v) is 18.3. The Hall–Kier alpha value is -3.52. The molecule has 31 heavy (non-hydrogen) atoms. The van der Waals surface area contributed by atoms with Gasteiger partial charge in [-0.15, -0.1) is 0 Å². The molecule has 0 aliphatic heterocycles. The van der Waals surface area contributed by atoms with Crippen molar-refractivity contribution in [3.8, 4) is 11.5 Å². The average Bonchev–Trinajstić information content (AvgIpc) is 2.78. The number of ether oxygens (including phenoxy) is 2. The van der Waals surface area contributed by atoms with Gasteiger partial charge in [0.15, 0.2) is 0 Å². The lowest BCUT2D eigenvalue weighted by molar-refractivity contribution is -0.114. The summed E-state index contributed by atoms with van der Waals surface area (Å²) < 4.78 is 38.1. The highest BCUT2D eigenvalue weighted by molar-refractivity contribution is 7.92. The maximum absolute atomic E-state index is 13.4. The third-order valence-electron chi connectivity index (χ3n) is 4.63. The van der Waals surface area contributed by atoms with Gasteiger partial charge in [0.05, 0.1) is 24.8 Å². The first-order valence-corrected chi connectivity index (χ1v) is 10.9. The number of hydrogen-bond donors (Lipinski definition) is 1. The summed E-state index contributed by atoms with van der Waals surface area (Å²) in [5, 5.41) is 2.73. The van der Waals surface area contributed by atoms with E-state index in [0.29, 0.717) is 22.9 Å². The van der Waals surface area contributed by atoms with E-state index in [1.807, 2.05) is 6.92 Å². The molecular formula is C23H24N2O5S. The van der Waals surface area contributed by atoms with Crippen molar-refractivity contribution in [3.05, 3.63) is 78.4 Å². The zero-order valence-electron chi connectivity index (χ0n) is 17.5. The highest BCUT2D eigenvalue weighted by Crippen LogP contribution is 2.26. The number of rotatable bonds is 8. The molecule has 162 valence electrons. The van der Waals surface area contributed by atoms with Gasteiger partial charge in [-0.1, -0.05) is 17.7 Å². The lowest BCUT2D eigenvalue weighted by Crippen LogP contribution is -2.38. The van der Waals surface area contributed by atoms with Gasteiger partial charge in [0.2, 0.25) is 5.91 Å². The van der Waals surface area contributed by atoms with Crippen molar-refractivity contribution in [1.82, 2.24) is 0 Å². The van der Waals surface area contributed by atoms with Crippen molar-refractivity contribution in [1.29, 1.82) is 0 Å². The molecule has 0 spiro atoms. The van der Waals surface area contributed by atoms with E-state index in [1.165, 1.54) is 19.2 Å². The van der Waals surface area contributed by atoms with Crippen LogP contribution in [0, 0.1) is 6.92 Å². The van der Waals surface area contributed by atoms with Crippen LogP contribution < -0.4 is 19.1 Å². The SMILES string of the molecule is COc1ccc(NC(=O)CN(c2ccc(C)cc2)S(=O)(=O)c2ccc(OC)cc2)cc1. The third kappa shape index (κ3) is 5.35. The van der Waals surface area contributed by atoms with Crippen LogP contribution in [-0.2, 0) is 14.8 Å². The van der Waals surface area contributed by atoms with Crippen LogP contribution in [0.3, 0.4) is 0 Å². The number of hydrogen-bond acceptors (Lipinski definition) is 5. The standard InChI is InChI=1S/C23H24N2O5S/c1-17-4-8-19(9-5-17)25(31(27,28)22-14-12-21(30-3)13-15-22)16-23(26)24-18-6-10-20(29-2)11-7-18/h4-15H,16H2,1-3H3,(H,24,26). The monoisotopic (exact) mass is 440 g/mol. The maximum Gasteiger partial charge on any atom is 0.264 e. The molecule has 0 heterocycles. The van der Waals surface area contributed by atoms with Crippen molar-refractivity contribution in [2.75, 3.05) is 30.4 Å². The molecule has 3 rings (SSSR count). The van der Waals surface area contributed by atoms with Crippen LogP contribution in [-0.4, -0.2) is 35.1 Å². The molecule has 0 atom stereocenters. The van der Waals surface area contributed by atoms with Crippen LogP contribution in [0.25, 0.3) is 0 Å². The summed E-state index contributed by atoms with van der Waals surface area (Å²) in [4.78, 5) is 12.8. The molecule has 0 aliphatic rings. The summed E-state index contributed by atoms with van der Waals surface area (Å²) in [5.41, 5.74) is 1.91. The lowest BCUT2D eigenvalue weighted by atomic mass is 10.2. The van der Waals surface area contributed by atoms with E-state index in [0.717, 1.165) is 9.87 Å². The number of sulfonamides is 1. The number of benzene rings is 3. The van der Waals surface area contributed by atoms with Gasteiger partial charge >= 0.3 is 0 Å². The van der Waals surface area contributed by atoms with E-state index in [4.69, 9.17) is 9.47 Å². The minimum Gasteiger partial charge on any atom is -0.497 e. The molecule has 0 aliphatic carbocycles. The molecule has 1 amide bonds. The smallest absolute Gasteiger partial charge is 0.264 e. The highest BCUT2D eigenvalue weighted by atomic mass is 32.2. The molecule has 0 fully saturated rings. The number of carbonyl (C=O) groups is 1. The number of anilines is 2. The second-order valence-electron chi connectivity index (χ2n) is 6.80. The van der Waals surface area contributed by atoms with Gasteiger partial charge in [0.1, 0.15) is 18.0 Å². The number of amides is 1. The predicted molar refractivity (Wildman–Crippen MR) is 120 cm³/mol. The molecule has 0 aromatic heterocycles. The Morgan fingerprint density at radius 1 is 0.839 bits per heavy atom. The van der Waals surface area contributed by atoms with Gasteiger partial charge < -0.3 is 14.8 Å². The molecule has 7 nitrogen and oxygen atoms in total. The van der Waals surface area contributed by atoms with Gasteiger partial charge in [-0.2, -0.15) is 0 Å². The van der Waals surface area contributed by atoms with E-state index in [9.17, 15) is 13.2 Å². The molecule has 0 unspecified atom stereocenters. The van der Waals surface area contributed by atoms with Crippen molar-refractivity contribution >= 4 is 27.3 Å². The number of nitrogens with one attached hydrogen (secondary N) is 1. The van der Waals surface area contributed by atoms with Crippen molar-refractivity contribution < 1.29 is 22.7 Å². The number of aryl methyl sites for hydroxylation is 1. The second-order valence-corrected chi connectivity index (χ2v) is 8.66. The van der Waals surface area contributed by atoms with Crippen molar-refractivity contribution in [3.63, 3.8) is 0 Å². The van der Waals surface area contributed by atoms with Crippen LogP contribution in [0.15, 0.2) is 77.7 Å². The van der Waals surface area contributed by atoms with Crippen LogP contribution >= 0.6 is 0 Å². The molecular weight excluding hydrogens is 416 g/mol. The zero-order chi connectivity index (χ0) is 22.4. The highest BCUT2D eigenvalue weighted by Gasteiger charge is 2.27. The first-order chi connectivity index (χ1) is 14.8. The maximum atomic E-state index is 13.4. The van der Waals surface area contributed by atoms with Gasteiger partial charge in [-0.05, 0) is 67.6 Å². The summed E-state index contributed by atoms with van der Waals surface area (Å²) in [7, 11) is -0.935. The minimum atomic E-state index is -3.99. The van der Waals surface area contributed by atoms with Crippen molar-refractivity contribution in [2.24, 2.45) is 0 Å². The van der Waals surface area contributed by atoms with E-state index >= 15 is 0 Å². The summed E-state index contributed by atoms with van der Waals surface area (Å²) >= 11 is 0. The van der Waals surface area contributed by atoms with Crippen LogP contribution in [0.5, 0.6) is 11.5 Å². The molecule has 8 heteroatoms. The normalized spacial score (nSPS) is 10.9. The Balaban J connectivity index is 1.90. The average molecular weight is 441 g/mol. The fourth-order valence-corrected chi connectivity index (χ4v) is 4.33. The quantitative estimate of drug-likeness (QED) is 0.575. The first-order valence-electron chi connectivity index (χ1n) is 9.51. The Kier molecular flexibility index (Phi) is 6.81. The Morgan fingerprint density at radius 2 is 1.35 bits per heavy atom. The largest absolute Gasteiger partial charge is 0.497 e. The molecule has 0 saturated heterocycles. The lowest BCUT2D eigenvalue weighted by Gasteiger charge is -2.24.